The molecule has 1 unspecified atom stereocenters. The van der Waals surface area contributed by atoms with Crippen LogP contribution in [0.25, 0.3) is 0 Å². The first-order valence-electron chi connectivity index (χ1n) is 6.88. The summed E-state index contributed by atoms with van der Waals surface area (Å²) in [6.07, 6.45) is 3.97. The first-order chi connectivity index (χ1) is 9.19. The van der Waals surface area contributed by atoms with E-state index in [9.17, 15) is 9.18 Å². The summed E-state index contributed by atoms with van der Waals surface area (Å²) < 4.78 is 12.9. The van der Waals surface area contributed by atoms with Crippen molar-refractivity contribution in [1.82, 2.24) is 10.2 Å². The summed E-state index contributed by atoms with van der Waals surface area (Å²) >= 11 is 0. The molecule has 104 valence electrons. The SMILES string of the molecule is CNC(=O)CC1CCCCN1Cc1ccc(F)cc1. The van der Waals surface area contributed by atoms with E-state index in [2.05, 4.69) is 10.2 Å². The smallest absolute Gasteiger partial charge is 0.221 e. The fraction of sp³-hybridized carbons (Fsp3) is 0.533. The van der Waals surface area contributed by atoms with Gasteiger partial charge in [0.15, 0.2) is 0 Å². The lowest BCUT2D eigenvalue weighted by Crippen LogP contribution is -2.41. The van der Waals surface area contributed by atoms with Gasteiger partial charge in [-0.2, -0.15) is 0 Å². The minimum absolute atomic E-state index is 0.0935. The van der Waals surface area contributed by atoms with Crippen LogP contribution in [0.15, 0.2) is 24.3 Å². The number of halogens is 1. The minimum atomic E-state index is -0.204. The van der Waals surface area contributed by atoms with E-state index in [1.807, 2.05) is 12.1 Å². The van der Waals surface area contributed by atoms with Crippen molar-refractivity contribution in [3.63, 3.8) is 0 Å². The summed E-state index contributed by atoms with van der Waals surface area (Å²) in [6, 6.07) is 6.93. The Morgan fingerprint density at radius 3 is 2.79 bits per heavy atom. The molecule has 1 saturated heterocycles. The van der Waals surface area contributed by atoms with Gasteiger partial charge in [-0.3, -0.25) is 9.69 Å². The fourth-order valence-electron chi connectivity index (χ4n) is 2.64. The van der Waals surface area contributed by atoms with Crippen LogP contribution in [0.4, 0.5) is 4.39 Å². The summed E-state index contributed by atoms with van der Waals surface area (Å²) in [5, 5.41) is 2.69. The van der Waals surface area contributed by atoms with E-state index in [0.717, 1.165) is 25.1 Å². The van der Waals surface area contributed by atoms with E-state index >= 15 is 0 Å². The molecule has 0 bridgehead atoms. The zero-order valence-corrected chi connectivity index (χ0v) is 11.4. The van der Waals surface area contributed by atoms with Gasteiger partial charge < -0.3 is 5.32 Å². The van der Waals surface area contributed by atoms with Gasteiger partial charge in [0.05, 0.1) is 0 Å². The molecule has 2 rings (SSSR count). The van der Waals surface area contributed by atoms with Gasteiger partial charge >= 0.3 is 0 Å². The van der Waals surface area contributed by atoms with Gasteiger partial charge in [-0.05, 0) is 37.1 Å². The normalized spacial score (nSPS) is 20.2. The zero-order chi connectivity index (χ0) is 13.7. The van der Waals surface area contributed by atoms with Gasteiger partial charge in [0, 0.05) is 26.1 Å². The van der Waals surface area contributed by atoms with E-state index in [1.165, 1.54) is 25.0 Å². The fourth-order valence-corrected chi connectivity index (χ4v) is 2.64. The Hall–Kier alpha value is -1.42. The van der Waals surface area contributed by atoms with Crippen molar-refractivity contribution in [3.05, 3.63) is 35.6 Å². The highest BCUT2D eigenvalue weighted by atomic mass is 19.1. The molecule has 4 heteroatoms. The minimum Gasteiger partial charge on any atom is -0.359 e. The molecule has 1 atom stereocenters. The highest BCUT2D eigenvalue weighted by Crippen LogP contribution is 2.22. The average molecular weight is 264 g/mol. The van der Waals surface area contributed by atoms with Gasteiger partial charge in [-0.1, -0.05) is 18.6 Å². The molecular weight excluding hydrogens is 243 g/mol. The molecule has 1 aromatic rings. The Labute approximate surface area is 113 Å². The Bertz CT molecular complexity index is 419. The summed E-state index contributed by atoms with van der Waals surface area (Å²) in [4.78, 5) is 13.9. The first-order valence-corrected chi connectivity index (χ1v) is 6.88. The summed E-state index contributed by atoms with van der Waals surface area (Å²) in [6.45, 7) is 1.81. The largest absolute Gasteiger partial charge is 0.359 e. The number of carbonyl (C=O) groups is 1. The third-order valence-electron chi connectivity index (χ3n) is 3.75. The van der Waals surface area contributed by atoms with E-state index in [-0.39, 0.29) is 11.7 Å². The van der Waals surface area contributed by atoms with Crippen LogP contribution in [-0.2, 0) is 11.3 Å². The van der Waals surface area contributed by atoms with Gasteiger partial charge in [-0.25, -0.2) is 4.39 Å². The Morgan fingerprint density at radius 2 is 2.11 bits per heavy atom. The molecule has 1 N–H and O–H groups in total. The van der Waals surface area contributed by atoms with Crippen LogP contribution in [-0.4, -0.2) is 30.4 Å². The Balaban J connectivity index is 1.99. The maximum Gasteiger partial charge on any atom is 0.221 e. The second-order valence-electron chi connectivity index (χ2n) is 5.12. The summed E-state index contributed by atoms with van der Waals surface area (Å²) in [7, 11) is 1.68. The van der Waals surface area contributed by atoms with Crippen LogP contribution >= 0.6 is 0 Å². The second-order valence-corrected chi connectivity index (χ2v) is 5.12. The van der Waals surface area contributed by atoms with E-state index < -0.39 is 0 Å². The average Bonchev–Trinajstić information content (AvgIpc) is 2.43. The predicted molar refractivity (Wildman–Crippen MR) is 73.1 cm³/mol. The lowest BCUT2D eigenvalue weighted by Gasteiger charge is -2.35. The number of benzene rings is 1. The molecule has 0 aliphatic carbocycles. The number of rotatable bonds is 4. The van der Waals surface area contributed by atoms with Crippen molar-refractivity contribution in [2.75, 3.05) is 13.6 Å². The third kappa shape index (κ3) is 4.03. The maximum atomic E-state index is 12.9. The van der Waals surface area contributed by atoms with Crippen molar-refractivity contribution in [3.8, 4) is 0 Å². The van der Waals surface area contributed by atoms with Crippen molar-refractivity contribution < 1.29 is 9.18 Å². The lowest BCUT2D eigenvalue weighted by atomic mass is 9.98. The molecule has 1 aromatic carbocycles. The number of nitrogens with one attached hydrogen (secondary N) is 1. The van der Waals surface area contributed by atoms with Crippen LogP contribution in [0.3, 0.4) is 0 Å². The summed E-state index contributed by atoms with van der Waals surface area (Å²) in [5.74, 6) is -0.111. The quantitative estimate of drug-likeness (QED) is 0.905. The molecule has 0 radical (unpaired) electrons. The van der Waals surface area contributed by atoms with E-state index in [1.54, 1.807) is 7.05 Å². The molecular formula is C15H21FN2O. The highest BCUT2D eigenvalue weighted by molar-refractivity contribution is 5.76. The number of carbonyl (C=O) groups excluding carboxylic acids is 1. The third-order valence-corrected chi connectivity index (χ3v) is 3.75. The predicted octanol–water partition coefficient (Wildman–Crippen LogP) is 2.32. The number of hydrogen-bond acceptors (Lipinski definition) is 2. The Morgan fingerprint density at radius 1 is 1.37 bits per heavy atom. The van der Waals surface area contributed by atoms with Crippen LogP contribution in [0.2, 0.25) is 0 Å². The van der Waals surface area contributed by atoms with E-state index in [0.29, 0.717) is 12.5 Å². The number of piperidine rings is 1. The van der Waals surface area contributed by atoms with Gasteiger partial charge in [0.25, 0.3) is 0 Å². The zero-order valence-electron chi connectivity index (χ0n) is 11.4. The molecule has 0 aromatic heterocycles. The Kier molecular flexibility index (Phi) is 4.91. The van der Waals surface area contributed by atoms with Gasteiger partial charge in [0.2, 0.25) is 5.91 Å². The van der Waals surface area contributed by atoms with Crippen LogP contribution in [0.1, 0.15) is 31.2 Å². The molecule has 0 spiro atoms. The van der Waals surface area contributed by atoms with E-state index in [4.69, 9.17) is 0 Å². The van der Waals surface area contributed by atoms with Crippen LogP contribution < -0.4 is 5.32 Å². The molecule has 1 aliphatic rings. The van der Waals surface area contributed by atoms with Crippen LogP contribution in [0, 0.1) is 5.82 Å². The highest BCUT2D eigenvalue weighted by Gasteiger charge is 2.24. The molecule has 1 aliphatic heterocycles. The van der Waals surface area contributed by atoms with Crippen LogP contribution in [0.5, 0.6) is 0 Å². The first kappa shape index (κ1) is 14.0. The summed E-state index contributed by atoms with van der Waals surface area (Å²) in [5.41, 5.74) is 1.10. The molecule has 3 nitrogen and oxygen atoms in total. The van der Waals surface area contributed by atoms with Gasteiger partial charge in [-0.15, -0.1) is 0 Å². The van der Waals surface area contributed by atoms with Crippen molar-refractivity contribution in [1.29, 1.82) is 0 Å². The number of likely N-dealkylation sites (tertiary alicyclic amines) is 1. The van der Waals surface area contributed by atoms with Crippen molar-refractivity contribution >= 4 is 5.91 Å². The molecule has 1 fully saturated rings. The standard InChI is InChI=1S/C15H21FN2O/c1-17-15(19)10-14-4-2-3-9-18(14)11-12-5-7-13(16)8-6-12/h5-8,14H,2-4,9-11H2,1H3,(H,17,19). The lowest BCUT2D eigenvalue weighted by molar-refractivity contribution is -0.122. The number of nitrogens with zero attached hydrogens (tertiary/aromatic N) is 1. The monoisotopic (exact) mass is 264 g/mol. The number of hydrogen-bond donors (Lipinski definition) is 1. The van der Waals surface area contributed by atoms with Crippen molar-refractivity contribution in [2.45, 2.75) is 38.3 Å². The molecule has 1 heterocycles. The molecule has 1 amide bonds. The topological polar surface area (TPSA) is 32.3 Å². The second kappa shape index (κ2) is 6.66. The molecule has 0 saturated carbocycles. The number of amides is 1. The van der Waals surface area contributed by atoms with Crippen molar-refractivity contribution in [2.24, 2.45) is 0 Å². The molecule has 19 heavy (non-hydrogen) atoms. The maximum absolute atomic E-state index is 12.9. The van der Waals surface area contributed by atoms with Gasteiger partial charge in [0.1, 0.15) is 5.82 Å².